The monoisotopic (exact) mass is 400 g/mol. The summed E-state index contributed by atoms with van der Waals surface area (Å²) in [6.45, 7) is 6.67. The number of rotatable bonds is 7. The van der Waals surface area contributed by atoms with E-state index in [4.69, 9.17) is 4.74 Å². The number of benzene rings is 2. The van der Waals surface area contributed by atoms with Crippen LogP contribution in [0.2, 0.25) is 0 Å². The molecule has 0 aliphatic heterocycles. The molecule has 6 nitrogen and oxygen atoms in total. The molecule has 0 aliphatic rings. The van der Waals surface area contributed by atoms with E-state index >= 15 is 0 Å². The van der Waals surface area contributed by atoms with Crippen LogP contribution in [0.4, 0.5) is 4.39 Å². The number of carbonyl (C=O) groups excluding carboxylic acids is 3. The van der Waals surface area contributed by atoms with Gasteiger partial charge in [0.2, 0.25) is 0 Å². The standard InChI is InChI=1S/C22H25FN2O4/c1-13-5-6-18(11-14(13)2)22(28)24-12-20(26)29-16(4)21(27)25-15(3)17-7-9-19(23)10-8-17/h5-11,15-16H,12H2,1-4H3,(H,24,28)(H,25,27)/t15-,16-/m1/s1. The fraction of sp³-hybridized carbons (Fsp3) is 0.318. The lowest BCUT2D eigenvalue weighted by Gasteiger charge is -2.18. The first kappa shape index (κ1) is 22.1. The minimum atomic E-state index is -1.04. The average molecular weight is 400 g/mol. The van der Waals surface area contributed by atoms with Crippen molar-refractivity contribution in [3.05, 3.63) is 70.5 Å². The number of aryl methyl sites for hydroxylation is 2. The molecule has 0 spiro atoms. The summed E-state index contributed by atoms with van der Waals surface area (Å²) < 4.78 is 18.1. The largest absolute Gasteiger partial charge is 0.451 e. The topological polar surface area (TPSA) is 84.5 Å². The SMILES string of the molecule is Cc1ccc(C(=O)NCC(=O)O[C@H](C)C(=O)N[C@H](C)c2ccc(F)cc2)cc1C. The zero-order valence-electron chi connectivity index (χ0n) is 16.9. The highest BCUT2D eigenvalue weighted by Crippen LogP contribution is 2.13. The highest BCUT2D eigenvalue weighted by atomic mass is 19.1. The van der Waals surface area contributed by atoms with Gasteiger partial charge in [0.25, 0.3) is 11.8 Å². The second kappa shape index (κ2) is 9.82. The van der Waals surface area contributed by atoms with Crippen molar-refractivity contribution in [3.8, 4) is 0 Å². The molecule has 2 amide bonds. The Hall–Kier alpha value is -3.22. The van der Waals surface area contributed by atoms with Crippen LogP contribution in [0.5, 0.6) is 0 Å². The first-order chi connectivity index (χ1) is 13.7. The summed E-state index contributed by atoms with van der Waals surface area (Å²) in [5.74, 6) is -1.97. The Morgan fingerprint density at radius 3 is 2.28 bits per heavy atom. The van der Waals surface area contributed by atoms with Gasteiger partial charge in [-0.2, -0.15) is 0 Å². The van der Waals surface area contributed by atoms with Crippen LogP contribution < -0.4 is 10.6 Å². The number of halogens is 1. The van der Waals surface area contributed by atoms with Crippen LogP contribution in [0.15, 0.2) is 42.5 Å². The maximum Gasteiger partial charge on any atom is 0.326 e. The Kier molecular flexibility index (Phi) is 7.47. The molecule has 0 unspecified atom stereocenters. The molecule has 0 aromatic heterocycles. The number of ether oxygens (including phenoxy) is 1. The van der Waals surface area contributed by atoms with Crippen molar-refractivity contribution in [1.82, 2.24) is 10.6 Å². The number of nitrogens with one attached hydrogen (secondary N) is 2. The molecule has 2 rings (SSSR count). The van der Waals surface area contributed by atoms with Crippen LogP contribution in [0.3, 0.4) is 0 Å². The number of carbonyl (C=O) groups is 3. The summed E-state index contributed by atoms with van der Waals surface area (Å²) in [6.07, 6.45) is -1.04. The lowest BCUT2D eigenvalue weighted by molar-refractivity contribution is -0.154. The van der Waals surface area contributed by atoms with Gasteiger partial charge >= 0.3 is 5.97 Å². The summed E-state index contributed by atoms with van der Waals surface area (Å²) in [6, 6.07) is 10.6. The molecule has 2 aromatic rings. The van der Waals surface area contributed by atoms with E-state index in [1.165, 1.54) is 19.1 Å². The zero-order valence-corrected chi connectivity index (χ0v) is 16.9. The highest BCUT2D eigenvalue weighted by molar-refractivity contribution is 5.96. The van der Waals surface area contributed by atoms with Crippen molar-refractivity contribution in [2.45, 2.75) is 39.8 Å². The molecule has 154 valence electrons. The van der Waals surface area contributed by atoms with E-state index in [0.717, 1.165) is 16.7 Å². The highest BCUT2D eigenvalue weighted by Gasteiger charge is 2.20. The second-order valence-corrected chi connectivity index (χ2v) is 6.90. The van der Waals surface area contributed by atoms with Gasteiger partial charge in [0, 0.05) is 5.56 Å². The van der Waals surface area contributed by atoms with Crippen LogP contribution in [-0.2, 0) is 14.3 Å². The third kappa shape index (κ3) is 6.41. The smallest absolute Gasteiger partial charge is 0.326 e. The van der Waals surface area contributed by atoms with E-state index in [9.17, 15) is 18.8 Å². The lowest BCUT2D eigenvalue weighted by atomic mass is 10.1. The van der Waals surface area contributed by atoms with Gasteiger partial charge in [0.05, 0.1) is 6.04 Å². The van der Waals surface area contributed by atoms with E-state index < -0.39 is 23.9 Å². The maximum absolute atomic E-state index is 13.0. The number of amides is 2. The van der Waals surface area contributed by atoms with Gasteiger partial charge in [-0.05, 0) is 68.7 Å². The quantitative estimate of drug-likeness (QED) is 0.700. The van der Waals surface area contributed by atoms with Crippen molar-refractivity contribution < 1.29 is 23.5 Å². The van der Waals surface area contributed by atoms with Gasteiger partial charge in [-0.25, -0.2) is 4.39 Å². The van der Waals surface area contributed by atoms with E-state index in [1.54, 1.807) is 31.2 Å². The van der Waals surface area contributed by atoms with Gasteiger partial charge in [-0.1, -0.05) is 18.2 Å². The maximum atomic E-state index is 13.0. The normalized spacial score (nSPS) is 12.6. The van der Waals surface area contributed by atoms with E-state index in [2.05, 4.69) is 10.6 Å². The van der Waals surface area contributed by atoms with Gasteiger partial charge in [-0.3, -0.25) is 14.4 Å². The van der Waals surface area contributed by atoms with Crippen LogP contribution in [0, 0.1) is 19.7 Å². The molecule has 0 aliphatic carbocycles. The van der Waals surface area contributed by atoms with Gasteiger partial charge in [0.1, 0.15) is 12.4 Å². The van der Waals surface area contributed by atoms with Crippen LogP contribution in [-0.4, -0.2) is 30.4 Å². The van der Waals surface area contributed by atoms with Gasteiger partial charge in [-0.15, -0.1) is 0 Å². The van der Waals surface area contributed by atoms with Crippen molar-refractivity contribution in [2.24, 2.45) is 0 Å². The van der Waals surface area contributed by atoms with Crippen molar-refractivity contribution >= 4 is 17.8 Å². The zero-order chi connectivity index (χ0) is 21.6. The molecule has 0 saturated heterocycles. The molecule has 7 heteroatoms. The van der Waals surface area contributed by atoms with Crippen LogP contribution >= 0.6 is 0 Å². The fourth-order valence-corrected chi connectivity index (χ4v) is 2.60. The molecule has 0 radical (unpaired) electrons. The van der Waals surface area contributed by atoms with Gasteiger partial charge < -0.3 is 15.4 Å². The van der Waals surface area contributed by atoms with E-state index in [0.29, 0.717) is 5.56 Å². The van der Waals surface area contributed by atoms with Crippen LogP contribution in [0.1, 0.15) is 46.9 Å². The number of hydrogen-bond acceptors (Lipinski definition) is 4. The van der Waals surface area contributed by atoms with E-state index in [-0.39, 0.29) is 18.4 Å². The predicted molar refractivity (Wildman–Crippen MR) is 107 cm³/mol. The van der Waals surface area contributed by atoms with Crippen molar-refractivity contribution in [2.75, 3.05) is 6.54 Å². The summed E-state index contributed by atoms with van der Waals surface area (Å²) in [7, 11) is 0. The molecule has 0 fully saturated rings. The molecule has 2 N–H and O–H groups in total. The second-order valence-electron chi connectivity index (χ2n) is 6.90. The third-order valence-electron chi connectivity index (χ3n) is 4.57. The Bertz CT molecular complexity index is 896. The summed E-state index contributed by atoms with van der Waals surface area (Å²) >= 11 is 0. The molecule has 0 saturated carbocycles. The Labute approximate surface area is 169 Å². The summed E-state index contributed by atoms with van der Waals surface area (Å²) in [5.41, 5.74) is 3.20. The summed E-state index contributed by atoms with van der Waals surface area (Å²) in [5, 5.41) is 5.18. The Balaban J connectivity index is 1.81. The first-order valence-corrected chi connectivity index (χ1v) is 9.28. The fourth-order valence-electron chi connectivity index (χ4n) is 2.60. The lowest BCUT2D eigenvalue weighted by Crippen LogP contribution is -2.39. The molecule has 29 heavy (non-hydrogen) atoms. The van der Waals surface area contributed by atoms with E-state index in [1.807, 2.05) is 19.9 Å². The Morgan fingerprint density at radius 2 is 1.66 bits per heavy atom. The number of esters is 1. The molecule has 2 aromatic carbocycles. The molecular weight excluding hydrogens is 375 g/mol. The Morgan fingerprint density at radius 1 is 1.00 bits per heavy atom. The molecule has 0 bridgehead atoms. The van der Waals surface area contributed by atoms with Crippen LogP contribution in [0.25, 0.3) is 0 Å². The number of hydrogen-bond donors (Lipinski definition) is 2. The first-order valence-electron chi connectivity index (χ1n) is 9.28. The predicted octanol–water partition coefficient (Wildman–Crippen LogP) is 2.98. The molecule has 0 heterocycles. The minimum absolute atomic E-state index is 0.350. The van der Waals surface area contributed by atoms with Crippen molar-refractivity contribution in [3.63, 3.8) is 0 Å². The third-order valence-corrected chi connectivity index (χ3v) is 4.57. The molecular formula is C22H25FN2O4. The average Bonchev–Trinajstić information content (AvgIpc) is 2.68. The van der Waals surface area contributed by atoms with Gasteiger partial charge in [0.15, 0.2) is 6.10 Å². The molecule has 2 atom stereocenters. The summed E-state index contributed by atoms with van der Waals surface area (Å²) in [4.78, 5) is 36.3. The minimum Gasteiger partial charge on any atom is -0.451 e. The van der Waals surface area contributed by atoms with Crippen molar-refractivity contribution in [1.29, 1.82) is 0 Å².